The highest BCUT2D eigenvalue weighted by molar-refractivity contribution is 9.10. The number of thiophene rings is 1. The number of hydrogen-bond acceptors (Lipinski definition) is 5. The fourth-order valence-electron chi connectivity index (χ4n) is 1.46. The molecule has 0 aliphatic carbocycles. The van der Waals surface area contributed by atoms with Crippen molar-refractivity contribution >= 4 is 43.3 Å². The highest BCUT2D eigenvalue weighted by Gasteiger charge is 2.24. The SMILES string of the molecule is Cc1cscc1CNS(=O)(=O)c1cc(C(=O)O)oc1Br. The van der Waals surface area contributed by atoms with Gasteiger partial charge in [0.2, 0.25) is 15.8 Å². The number of rotatable bonds is 5. The van der Waals surface area contributed by atoms with E-state index < -0.39 is 21.8 Å². The second-order valence-corrected chi connectivity index (χ2v) is 7.16. The topological polar surface area (TPSA) is 96.6 Å². The van der Waals surface area contributed by atoms with Crippen molar-refractivity contribution < 1.29 is 22.7 Å². The molecule has 0 atom stereocenters. The molecule has 0 saturated carbocycles. The zero-order valence-electron chi connectivity index (χ0n) is 10.2. The number of carbonyl (C=O) groups is 1. The largest absolute Gasteiger partial charge is 0.475 e. The fraction of sp³-hybridized carbons (Fsp3) is 0.182. The van der Waals surface area contributed by atoms with Gasteiger partial charge in [0.05, 0.1) is 0 Å². The van der Waals surface area contributed by atoms with Gasteiger partial charge in [-0.15, -0.1) is 0 Å². The molecule has 0 amide bonds. The van der Waals surface area contributed by atoms with Crippen molar-refractivity contribution in [3.63, 3.8) is 0 Å². The Morgan fingerprint density at radius 3 is 2.70 bits per heavy atom. The third kappa shape index (κ3) is 3.11. The van der Waals surface area contributed by atoms with E-state index in [0.29, 0.717) is 0 Å². The molecule has 0 aliphatic rings. The fourth-order valence-corrected chi connectivity index (χ4v) is 4.26. The van der Waals surface area contributed by atoms with E-state index in [-0.39, 0.29) is 16.1 Å². The Hall–Kier alpha value is -1.16. The van der Waals surface area contributed by atoms with Gasteiger partial charge in [0.15, 0.2) is 4.67 Å². The standard InChI is InChI=1S/C11H10BrNO5S2/c1-6-4-19-5-7(6)3-13-20(16,17)9-2-8(11(14)15)18-10(9)12/h2,4-5,13H,3H2,1H3,(H,14,15). The van der Waals surface area contributed by atoms with Gasteiger partial charge in [-0.05, 0) is 44.7 Å². The monoisotopic (exact) mass is 379 g/mol. The first kappa shape index (κ1) is 15.2. The van der Waals surface area contributed by atoms with Gasteiger partial charge in [-0.25, -0.2) is 17.9 Å². The van der Waals surface area contributed by atoms with Crippen molar-refractivity contribution in [2.75, 3.05) is 0 Å². The first-order valence-corrected chi connectivity index (χ1v) is 8.57. The Kier molecular flexibility index (Phi) is 4.33. The molecule has 0 unspecified atom stereocenters. The van der Waals surface area contributed by atoms with Crippen LogP contribution in [0.15, 0.2) is 30.8 Å². The van der Waals surface area contributed by atoms with Crippen LogP contribution in [0.25, 0.3) is 0 Å². The lowest BCUT2D eigenvalue weighted by atomic mass is 10.2. The number of aromatic carboxylic acids is 1. The minimum absolute atomic E-state index is 0.135. The molecular formula is C11H10BrNO5S2. The second-order valence-electron chi connectivity index (χ2n) is 3.96. The normalized spacial score (nSPS) is 11.7. The molecule has 0 fully saturated rings. The van der Waals surface area contributed by atoms with E-state index >= 15 is 0 Å². The highest BCUT2D eigenvalue weighted by atomic mass is 79.9. The summed E-state index contributed by atoms with van der Waals surface area (Å²) < 4.78 is 31.3. The molecule has 0 aliphatic heterocycles. The molecule has 0 radical (unpaired) electrons. The van der Waals surface area contributed by atoms with Crippen LogP contribution in [0.2, 0.25) is 0 Å². The lowest BCUT2D eigenvalue weighted by Crippen LogP contribution is -2.23. The molecule has 2 aromatic heterocycles. The van der Waals surface area contributed by atoms with Crippen molar-refractivity contribution in [1.82, 2.24) is 4.72 Å². The molecule has 2 aromatic rings. The van der Waals surface area contributed by atoms with Gasteiger partial charge < -0.3 is 9.52 Å². The van der Waals surface area contributed by atoms with Gasteiger partial charge in [0, 0.05) is 12.6 Å². The molecule has 0 spiro atoms. The van der Waals surface area contributed by atoms with Crippen LogP contribution in [-0.4, -0.2) is 19.5 Å². The zero-order valence-corrected chi connectivity index (χ0v) is 13.4. The lowest BCUT2D eigenvalue weighted by Gasteiger charge is -2.04. The van der Waals surface area contributed by atoms with Gasteiger partial charge in [0.1, 0.15) is 4.90 Å². The maximum absolute atomic E-state index is 12.1. The summed E-state index contributed by atoms with van der Waals surface area (Å²) in [6.07, 6.45) is 0. The summed E-state index contributed by atoms with van der Waals surface area (Å²) in [6, 6.07) is 0.967. The Bertz CT molecular complexity index is 747. The van der Waals surface area contributed by atoms with Crippen LogP contribution in [0, 0.1) is 6.92 Å². The minimum atomic E-state index is -3.85. The Morgan fingerprint density at radius 1 is 1.50 bits per heavy atom. The van der Waals surface area contributed by atoms with Gasteiger partial charge >= 0.3 is 5.97 Å². The smallest absolute Gasteiger partial charge is 0.371 e. The number of aryl methyl sites for hydroxylation is 1. The molecule has 0 bridgehead atoms. The van der Waals surface area contributed by atoms with E-state index in [1.165, 1.54) is 11.3 Å². The van der Waals surface area contributed by atoms with Crippen molar-refractivity contribution in [2.45, 2.75) is 18.4 Å². The Balaban J connectivity index is 2.22. The summed E-state index contributed by atoms with van der Waals surface area (Å²) in [5.74, 6) is -1.77. The van der Waals surface area contributed by atoms with Crippen molar-refractivity contribution in [3.8, 4) is 0 Å². The van der Waals surface area contributed by atoms with Gasteiger partial charge in [0.25, 0.3) is 0 Å². The molecule has 2 N–H and O–H groups in total. The van der Waals surface area contributed by atoms with Crippen LogP contribution < -0.4 is 4.72 Å². The van der Waals surface area contributed by atoms with Crippen LogP contribution >= 0.6 is 27.3 Å². The predicted octanol–water partition coefficient (Wildman–Crippen LogP) is 2.59. The third-order valence-electron chi connectivity index (χ3n) is 2.57. The summed E-state index contributed by atoms with van der Waals surface area (Å²) >= 11 is 4.39. The van der Waals surface area contributed by atoms with Crippen LogP contribution in [0.3, 0.4) is 0 Å². The lowest BCUT2D eigenvalue weighted by molar-refractivity contribution is 0.0661. The average Bonchev–Trinajstić information content (AvgIpc) is 2.93. The number of nitrogens with one attached hydrogen (secondary N) is 1. The summed E-state index contributed by atoms with van der Waals surface area (Å²) in [6.45, 7) is 2.02. The molecular weight excluding hydrogens is 370 g/mol. The molecule has 6 nitrogen and oxygen atoms in total. The van der Waals surface area contributed by atoms with E-state index in [9.17, 15) is 13.2 Å². The van der Waals surface area contributed by atoms with E-state index in [4.69, 9.17) is 9.52 Å². The third-order valence-corrected chi connectivity index (χ3v) is 5.74. The summed E-state index contributed by atoms with van der Waals surface area (Å²) in [4.78, 5) is 10.5. The van der Waals surface area contributed by atoms with Gasteiger partial charge in [-0.1, -0.05) is 0 Å². The second kappa shape index (κ2) is 5.68. The number of furan rings is 1. The number of hydrogen-bond donors (Lipinski definition) is 2. The maximum atomic E-state index is 12.1. The van der Waals surface area contributed by atoms with Crippen LogP contribution in [0.5, 0.6) is 0 Å². The number of halogens is 1. The molecule has 0 aromatic carbocycles. The van der Waals surface area contributed by atoms with Crippen molar-refractivity contribution in [3.05, 3.63) is 38.4 Å². The zero-order chi connectivity index (χ0) is 14.9. The van der Waals surface area contributed by atoms with Crippen LogP contribution in [0.1, 0.15) is 21.7 Å². The van der Waals surface area contributed by atoms with E-state index in [1.807, 2.05) is 17.7 Å². The minimum Gasteiger partial charge on any atom is -0.475 e. The average molecular weight is 380 g/mol. The molecule has 108 valence electrons. The molecule has 0 saturated heterocycles. The molecule has 2 rings (SSSR count). The van der Waals surface area contributed by atoms with Crippen molar-refractivity contribution in [2.24, 2.45) is 0 Å². The summed E-state index contributed by atoms with van der Waals surface area (Å²) in [7, 11) is -3.85. The van der Waals surface area contributed by atoms with E-state index in [2.05, 4.69) is 20.7 Å². The van der Waals surface area contributed by atoms with E-state index in [1.54, 1.807) is 0 Å². The number of carboxylic acids is 1. The van der Waals surface area contributed by atoms with Gasteiger partial charge in [-0.2, -0.15) is 11.3 Å². The first-order chi connectivity index (χ1) is 9.31. The van der Waals surface area contributed by atoms with Crippen molar-refractivity contribution in [1.29, 1.82) is 0 Å². The maximum Gasteiger partial charge on any atom is 0.371 e. The first-order valence-electron chi connectivity index (χ1n) is 5.35. The quantitative estimate of drug-likeness (QED) is 0.831. The molecule has 20 heavy (non-hydrogen) atoms. The summed E-state index contributed by atoms with van der Waals surface area (Å²) in [5, 5.41) is 12.5. The van der Waals surface area contributed by atoms with E-state index in [0.717, 1.165) is 17.2 Å². The van der Waals surface area contributed by atoms with Gasteiger partial charge in [-0.3, -0.25) is 0 Å². The number of carboxylic acid groups (broad SMARTS) is 1. The van der Waals surface area contributed by atoms with Crippen LogP contribution in [0.4, 0.5) is 0 Å². The number of sulfonamides is 1. The predicted molar refractivity (Wildman–Crippen MR) is 76.4 cm³/mol. The molecule has 9 heteroatoms. The Labute approximate surface area is 127 Å². The highest BCUT2D eigenvalue weighted by Crippen LogP contribution is 2.26. The Morgan fingerprint density at radius 2 is 2.20 bits per heavy atom. The van der Waals surface area contributed by atoms with Crippen LogP contribution in [-0.2, 0) is 16.6 Å². The summed E-state index contributed by atoms with van der Waals surface area (Å²) in [5.41, 5.74) is 1.87. The molecule has 2 heterocycles.